The summed E-state index contributed by atoms with van der Waals surface area (Å²) in [6, 6.07) is 17.2. The zero-order valence-corrected chi connectivity index (χ0v) is 19.5. The van der Waals surface area contributed by atoms with Gasteiger partial charge in [-0.25, -0.2) is 0 Å². The van der Waals surface area contributed by atoms with Crippen LogP contribution in [-0.2, 0) is 6.42 Å². The van der Waals surface area contributed by atoms with E-state index in [-0.39, 0.29) is 11.5 Å². The van der Waals surface area contributed by atoms with E-state index in [1.165, 1.54) is 24.4 Å². The van der Waals surface area contributed by atoms with Crippen molar-refractivity contribution >= 4 is 17.5 Å². The molecule has 0 atom stereocenters. The van der Waals surface area contributed by atoms with Crippen molar-refractivity contribution in [3.05, 3.63) is 78.1 Å². The van der Waals surface area contributed by atoms with Gasteiger partial charge in [0.2, 0.25) is 0 Å². The number of Topliss-reactive ketones (excluding diaryl/α,β-unsaturated/α-hetero) is 1. The van der Waals surface area contributed by atoms with Gasteiger partial charge in [-0.3, -0.25) is 14.3 Å². The molecule has 0 fully saturated rings. The van der Waals surface area contributed by atoms with E-state index >= 15 is 0 Å². The van der Waals surface area contributed by atoms with Crippen LogP contribution < -0.4 is 9.47 Å². The highest BCUT2D eigenvalue weighted by Gasteiger charge is 2.19. The Morgan fingerprint density at radius 3 is 2.39 bits per heavy atom. The smallest absolute Gasteiger partial charge is 0.196 e. The lowest BCUT2D eigenvalue weighted by Gasteiger charge is -2.12. The number of carbonyl (C=O) groups is 1. The molecule has 0 amide bonds. The van der Waals surface area contributed by atoms with Gasteiger partial charge in [-0.2, -0.15) is 0 Å². The Hall–Kier alpha value is -3.65. The van der Waals surface area contributed by atoms with Crippen molar-refractivity contribution < 1.29 is 14.3 Å². The summed E-state index contributed by atoms with van der Waals surface area (Å²) in [5.41, 5.74) is 3.57. The third kappa shape index (κ3) is 4.90. The summed E-state index contributed by atoms with van der Waals surface area (Å²) in [6.45, 7) is 2.12. The zero-order chi connectivity index (χ0) is 23.2. The number of ketones is 1. The number of hydrogen-bond donors (Lipinski definition) is 0. The SMILES string of the molecule is CCc1ccc(-n2c(SCC(=O)c3ccc(OC)cc3OC)nnc2-c2ccncc2)cc1. The minimum Gasteiger partial charge on any atom is -0.497 e. The van der Waals surface area contributed by atoms with E-state index in [0.29, 0.717) is 28.0 Å². The van der Waals surface area contributed by atoms with Gasteiger partial charge >= 0.3 is 0 Å². The molecule has 2 heterocycles. The summed E-state index contributed by atoms with van der Waals surface area (Å²) in [5.74, 6) is 1.92. The van der Waals surface area contributed by atoms with Crippen molar-refractivity contribution in [2.24, 2.45) is 0 Å². The van der Waals surface area contributed by atoms with Crippen molar-refractivity contribution in [2.75, 3.05) is 20.0 Å². The predicted molar refractivity (Wildman–Crippen MR) is 129 cm³/mol. The summed E-state index contributed by atoms with van der Waals surface area (Å²) < 4.78 is 12.6. The van der Waals surface area contributed by atoms with Crippen LogP contribution >= 0.6 is 11.8 Å². The van der Waals surface area contributed by atoms with Crippen LogP contribution in [0.5, 0.6) is 11.5 Å². The molecule has 4 aromatic rings. The van der Waals surface area contributed by atoms with Crippen molar-refractivity contribution in [1.82, 2.24) is 19.7 Å². The van der Waals surface area contributed by atoms with Crippen molar-refractivity contribution in [1.29, 1.82) is 0 Å². The molecule has 0 bridgehead atoms. The number of aromatic nitrogens is 4. The molecule has 0 unspecified atom stereocenters. The zero-order valence-electron chi connectivity index (χ0n) is 18.7. The van der Waals surface area contributed by atoms with Gasteiger partial charge in [-0.1, -0.05) is 30.8 Å². The maximum atomic E-state index is 13.0. The highest BCUT2D eigenvalue weighted by atomic mass is 32.2. The molecule has 0 N–H and O–H groups in total. The highest BCUT2D eigenvalue weighted by Crippen LogP contribution is 2.30. The quantitative estimate of drug-likeness (QED) is 0.260. The molecule has 33 heavy (non-hydrogen) atoms. The molecular weight excluding hydrogens is 436 g/mol. The molecular formula is C25H24N4O3S. The van der Waals surface area contributed by atoms with Crippen molar-refractivity contribution in [3.8, 4) is 28.6 Å². The maximum absolute atomic E-state index is 13.0. The van der Waals surface area contributed by atoms with Crippen LogP contribution in [0.1, 0.15) is 22.8 Å². The number of benzene rings is 2. The largest absolute Gasteiger partial charge is 0.497 e. The number of ether oxygens (including phenoxy) is 2. The number of thioether (sulfide) groups is 1. The molecule has 0 radical (unpaired) electrons. The molecule has 0 saturated carbocycles. The molecule has 2 aromatic carbocycles. The van der Waals surface area contributed by atoms with Gasteiger partial charge in [-0.15, -0.1) is 10.2 Å². The summed E-state index contributed by atoms with van der Waals surface area (Å²) >= 11 is 1.34. The van der Waals surface area contributed by atoms with Gasteiger partial charge in [0.25, 0.3) is 0 Å². The average Bonchev–Trinajstić information content (AvgIpc) is 3.31. The van der Waals surface area contributed by atoms with Crippen LogP contribution in [-0.4, -0.2) is 45.5 Å². The standard InChI is InChI=1S/C25H24N4O3S/c1-4-17-5-7-19(8-6-17)29-24(18-11-13-26-14-12-18)27-28-25(29)33-16-22(30)21-10-9-20(31-2)15-23(21)32-3/h5-15H,4,16H2,1-3H3. The third-order valence-electron chi connectivity index (χ3n) is 5.22. The number of aryl methyl sites for hydroxylation is 1. The monoisotopic (exact) mass is 460 g/mol. The molecule has 0 aliphatic heterocycles. The fourth-order valence-corrected chi connectivity index (χ4v) is 4.24. The van der Waals surface area contributed by atoms with Gasteiger partial charge in [-0.05, 0) is 48.4 Å². The molecule has 168 valence electrons. The Morgan fingerprint density at radius 2 is 1.73 bits per heavy atom. The number of nitrogens with zero attached hydrogens (tertiary/aromatic N) is 4. The van der Waals surface area contributed by atoms with E-state index in [4.69, 9.17) is 9.47 Å². The first kappa shape index (κ1) is 22.5. The topological polar surface area (TPSA) is 79.1 Å². The van der Waals surface area contributed by atoms with E-state index in [1.807, 2.05) is 28.8 Å². The Balaban J connectivity index is 1.65. The molecule has 2 aromatic heterocycles. The summed E-state index contributed by atoms with van der Waals surface area (Å²) in [7, 11) is 3.11. The molecule has 8 heteroatoms. The van der Waals surface area contributed by atoms with Crippen LogP contribution in [0.25, 0.3) is 17.1 Å². The molecule has 0 saturated heterocycles. The fourth-order valence-electron chi connectivity index (χ4n) is 3.40. The summed E-state index contributed by atoms with van der Waals surface area (Å²) in [6.07, 6.45) is 4.40. The van der Waals surface area contributed by atoms with Crippen LogP contribution in [0.4, 0.5) is 0 Å². The maximum Gasteiger partial charge on any atom is 0.196 e. The van der Waals surface area contributed by atoms with Gasteiger partial charge < -0.3 is 9.47 Å². The number of hydrogen-bond acceptors (Lipinski definition) is 7. The van der Waals surface area contributed by atoms with E-state index in [0.717, 1.165) is 17.7 Å². The van der Waals surface area contributed by atoms with Crippen LogP contribution in [0.3, 0.4) is 0 Å². The first-order valence-electron chi connectivity index (χ1n) is 10.5. The Bertz CT molecular complexity index is 1240. The third-order valence-corrected chi connectivity index (χ3v) is 6.15. The second kappa shape index (κ2) is 10.3. The highest BCUT2D eigenvalue weighted by molar-refractivity contribution is 7.99. The summed E-state index contributed by atoms with van der Waals surface area (Å²) in [5, 5.41) is 9.45. The van der Waals surface area contributed by atoms with E-state index in [9.17, 15) is 4.79 Å². The van der Waals surface area contributed by atoms with Gasteiger partial charge in [0.05, 0.1) is 25.5 Å². The van der Waals surface area contributed by atoms with Gasteiger partial charge in [0.15, 0.2) is 16.8 Å². The predicted octanol–water partition coefficient (Wildman–Crippen LogP) is 4.88. The number of carbonyl (C=O) groups excluding carboxylic acids is 1. The Morgan fingerprint density at radius 1 is 0.970 bits per heavy atom. The van der Waals surface area contributed by atoms with Gasteiger partial charge in [0.1, 0.15) is 11.5 Å². The average molecular weight is 461 g/mol. The molecule has 0 spiro atoms. The van der Waals surface area contributed by atoms with Crippen LogP contribution in [0.2, 0.25) is 0 Å². The lowest BCUT2D eigenvalue weighted by molar-refractivity contribution is 0.101. The number of pyridine rings is 1. The normalized spacial score (nSPS) is 10.8. The number of rotatable bonds is 9. The minimum absolute atomic E-state index is 0.0687. The fraction of sp³-hybridized carbons (Fsp3) is 0.200. The van der Waals surface area contributed by atoms with Crippen molar-refractivity contribution in [3.63, 3.8) is 0 Å². The van der Waals surface area contributed by atoms with Crippen LogP contribution in [0.15, 0.2) is 72.1 Å². The second-order valence-electron chi connectivity index (χ2n) is 7.18. The minimum atomic E-state index is -0.0687. The van der Waals surface area contributed by atoms with Crippen molar-refractivity contribution in [2.45, 2.75) is 18.5 Å². The molecule has 0 aliphatic carbocycles. The van der Waals surface area contributed by atoms with Crippen LogP contribution in [0, 0.1) is 0 Å². The second-order valence-corrected chi connectivity index (χ2v) is 8.12. The van der Waals surface area contributed by atoms with E-state index in [1.54, 1.807) is 37.7 Å². The molecule has 0 aliphatic rings. The van der Waals surface area contributed by atoms with E-state index < -0.39 is 0 Å². The summed E-state index contributed by atoms with van der Waals surface area (Å²) in [4.78, 5) is 17.1. The molecule has 4 rings (SSSR count). The molecule has 7 nitrogen and oxygen atoms in total. The first-order chi connectivity index (χ1) is 16.1. The van der Waals surface area contributed by atoms with Gasteiger partial charge in [0, 0.05) is 29.7 Å². The van der Waals surface area contributed by atoms with E-state index in [2.05, 4.69) is 34.2 Å². The number of methoxy groups -OCH3 is 2. The first-order valence-corrected chi connectivity index (χ1v) is 11.5. The lowest BCUT2D eigenvalue weighted by Crippen LogP contribution is -2.07. The Kier molecular flexibility index (Phi) is 7.04. The Labute approximate surface area is 196 Å². The lowest BCUT2D eigenvalue weighted by atomic mass is 10.1.